The van der Waals surface area contributed by atoms with Crippen LogP contribution in [0.15, 0.2) is 53.4 Å². The van der Waals surface area contributed by atoms with Crippen molar-refractivity contribution >= 4 is 51.9 Å². The molecule has 2 aromatic carbocycles. The summed E-state index contributed by atoms with van der Waals surface area (Å²) in [6.07, 6.45) is 1.77. The van der Waals surface area contributed by atoms with E-state index < -0.39 is 5.97 Å². The fraction of sp³-hybridized carbons (Fsp3) is 0.150. The van der Waals surface area contributed by atoms with Gasteiger partial charge in [0.2, 0.25) is 0 Å². The van der Waals surface area contributed by atoms with Crippen molar-refractivity contribution < 1.29 is 14.3 Å². The van der Waals surface area contributed by atoms with Gasteiger partial charge in [-0.1, -0.05) is 54.3 Å². The van der Waals surface area contributed by atoms with Crippen LogP contribution in [0.4, 0.5) is 5.69 Å². The second-order valence-corrected chi connectivity index (χ2v) is 7.55. The molecule has 0 radical (unpaired) electrons. The van der Waals surface area contributed by atoms with Gasteiger partial charge in [0.05, 0.1) is 24.2 Å². The van der Waals surface area contributed by atoms with Crippen LogP contribution in [-0.2, 0) is 9.53 Å². The maximum atomic E-state index is 12.7. The van der Waals surface area contributed by atoms with E-state index in [1.807, 2.05) is 31.2 Å². The smallest absolute Gasteiger partial charge is 0.337 e. The quantitative estimate of drug-likeness (QED) is 0.466. The Hall–Kier alpha value is -2.64. The lowest BCUT2D eigenvalue weighted by Gasteiger charge is -2.17. The Balaban J connectivity index is 1.70. The summed E-state index contributed by atoms with van der Waals surface area (Å²) in [5, 5.41) is 3.25. The van der Waals surface area contributed by atoms with Gasteiger partial charge in [-0.05, 0) is 42.3 Å². The lowest BCUT2D eigenvalue weighted by Crippen LogP contribution is -2.33. The molecule has 2 aromatic rings. The molecule has 1 N–H and O–H groups in total. The van der Waals surface area contributed by atoms with Crippen molar-refractivity contribution in [1.82, 2.24) is 4.90 Å². The second kappa shape index (κ2) is 8.37. The maximum Gasteiger partial charge on any atom is 0.337 e. The molecule has 1 heterocycles. The fourth-order valence-electron chi connectivity index (χ4n) is 2.56. The van der Waals surface area contributed by atoms with Crippen molar-refractivity contribution in [3.8, 4) is 0 Å². The van der Waals surface area contributed by atoms with Crippen LogP contribution in [0.1, 0.15) is 21.5 Å². The average Bonchev–Trinajstić information content (AvgIpc) is 2.94. The number of hydrogen-bond acceptors (Lipinski definition) is 6. The lowest BCUT2D eigenvalue weighted by atomic mass is 10.1. The third-order valence-electron chi connectivity index (χ3n) is 4.08. The van der Waals surface area contributed by atoms with E-state index in [1.165, 1.54) is 18.9 Å². The molecule has 0 aromatic heterocycles. The minimum Gasteiger partial charge on any atom is -0.465 e. The number of rotatable bonds is 5. The number of para-hydroxylation sites is 1. The Morgan fingerprint density at radius 1 is 1.22 bits per heavy atom. The van der Waals surface area contributed by atoms with Crippen molar-refractivity contribution in [3.63, 3.8) is 0 Å². The van der Waals surface area contributed by atoms with Crippen molar-refractivity contribution in [3.05, 3.63) is 70.1 Å². The van der Waals surface area contributed by atoms with Crippen LogP contribution in [0.25, 0.3) is 6.08 Å². The number of esters is 1. The molecule has 7 heteroatoms. The highest BCUT2D eigenvalue weighted by molar-refractivity contribution is 8.26. The fourth-order valence-corrected chi connectivity index (χ4v) is 3.81. The molecule has 27 heavy (non-hydrogen) atoms. The molecule has 0 bridgehead atoms. The normalized spacial score (nSPS) is 15.3. The zero-order valence-corrected chi connectivity index (χ0v) is 16.5. The predicted molar refractivity (Wildman–Crippen MR) is 112 cm³/mol. The Morgan fingerprint density at radius 3 is 2.59 bits per heavy atom. The zero-order valence-electron chi connectivity index (χ0n) is 14.9. The summed E-state index contributed by atoms with van der Waals surface area (Å²) in [6.45, 7) is 2.32. The van der Waals surface area contributed by atoms with Crippen LogP contribution in [0.3, 0.4) is 0 Å². The number of thioether (sulfide) groups is 1. The summed E-state index contributed by atoms with van der Waals surface area (Å²) in [6, 6.07) is 14.7. The van der Waals surface area contributed by atoms with E-state index in [9.17, 15) is 9.59 Å². The first kappa shape index (κ1) is 19.1. The van der Waals surface area contributed by atoms with Crippen LogP contribution in [-0.4, -0.2) is 34.9 Å². The predicted octanol–water partition coefficient (Wildman–Crippen LogP) is 4.05. The zero-order chi connectivity index (χ0) is 19.4. The van der Waals surface area contributed by atoms with E-state index in [1.54, 1.807) is 35.2 Å². The number of carbonyl (C=O) groups excluding carboxylic acids is 2. The molecule has 0 spiro atoms. The summed E-state index contributed by atoms with van der Waals surface area (Å²) in [7, 11) is 1.34. The van der Waals surface area contributed by atoms with Crippen molar-refractivity contribution in [2.45, 2.75) is 6.92 Å². The van der Waals surface area contributed by atoms with E-state index in [2.05, 4.69) is 10.1 Å². The SMILES string of the molecule is COC(=O)c1ccc(/C=C2\SC(=S)N(CNc3ccccc3C)C2=O)cc1. The van der Waals surface area contributed by atoms with Gasteiger partial charge in [-0.2, -0.15) is 0 Å². The Morgan fingerprint density at radius 2 is 1.93 bits per heavy atom. The minimum absolute atomic E-state index is 0.136. The summed E-state index contributed by atoms with van der Waals surface area (Å²) in [4.78, 5) is 26.3. The molecular formula is C20H18N2O3S2. The van der Waals surface area contributed by atoms with E-state index in [0.717, 1.165) is 16.8 Å². The topological polar surface area (TPSA) is 58.6 Å². The summed E-state index contributed by atoms with van der Waals surface area (Å²) < 4.78 is 5.20. The van der Waals surface area contributed by atoms with Gasteiger partial charge in [0.1, 0.15) is 4.32 Å². The molecule has 1 amide bonds. The van der Waals surface area contributed by atoms with Gasteiger partial charge in [0, 0.05) is 5.69 Å². The number of benzene rings is 2. The third kappa shape index (κ3) is 4.37. The van der Waals surface area contributed by atoms with Crippen molar-refractivity contribution in [1.29, 1.82) is 0 Å². The van der Waals surface area contributed by atoms with Crippen LogP contribution < -0.4 is 5.32 Å². The summed E-state index contributed by atoms with van der Waals surface area (Å²) >= 11 is 6.62. The van der Waals surface area contributed by atoms with Crippen LogP contribution in [0.5, 0.6) is 0 Å². The molecular weight excluding hydrogens is 380 g/mol. The largest absolute Gasteiger partial charge is 0.465 e. The molecule has 1 aliphatic heterocycles. The Bertz CT molecular complexity index is 923. The molecule has 0 saturated carbocycles. The third-order valence-corrected chi connectivity index (χ3v) is 5.45. The first-order chi connectivity index (χ1) is 13.0. The first-order valence-corrected chi connectivity index (χ1v) is 9.45. The minimum atomic E-state index is -0.393. The van der Waals surface area contributed by atoms with Gasteiger partial charge in [-0.25, -0.2) is 4.79 Å². The monoisotopic (exact) mass is 398 g/mol. The number of aryl methyl sites for hydroxylation is 1. The van der Waals surface area contributed by atoms with Gasteiger partial charge in [0.25, 0.3) is 5.91 Å². The molecule has 3 rings (SSSR count). The molecule has 1 aliphatic rings. The highest BCUT2D eigenvalue weighted by atomic mass is 32.2. The molecule has 5 nitrogen and oxygen atoms in total. The number of carbonyl (C=O) groups is 2. The molecule has 0 atom stereocenters. The second-order valence-electron chi connectivity index (χ2n) is 5.87. The number of thiocarbonyl (C=S) groups is 1. The molecule has 0 unspecified atom stereocenters. The van der Waals surface area contributed by atoms with Crippen LogP contribution >= 0.6 is 24.0 Å². The van der Waals surface area contributed by atoms with Crippen LogP contribution in [0, 0.1) is 6.92 Å². The van der Waals surface area contributed by atoms with E-state index in [-0.39, 0.29) is 5.91 Å². The van der Waals surface area contributed by atoms with Gasteiger partial charge < -0.3 is 10.1 Å². The Labute approximate surface area is 167 Å². The van der Waals surface area contributed by atoms with E-state index >= 15 is 0 Å². The first-order valence-electron chi connectivity index (χ1n) is 8.23. The van der Waals surface area contributed by atoms with Gasteiger partial charge in [-0.15, -0.1) is 0 Å². The van der Waals surface area contributed by atoms with Gasteiger partial charge in [-0.3, -0.25) is 9.69 Å². The molecule has 1 fully saturated rings. The van der Waals surface area contributed by atoms with Gasteiger partial charge >= 0.3 is 5.97 Å². The van der Waals surface area contributed by atoms with E-state index in [0.29, 0.717) is 21.5 Å². The number of amides is 1. The molecule has 1 saturated heterocycles. The highest BCUT2D eigenvalue weighted by Gasteiger charge is 2.31. The average molecular weight is 399 g/mol. The number of nitrogens with zero attached hydrogens (tertiary/aromatic N) is 1. The number of methoxy groups -OCH3 is 1. The maximum absolute atomic E-state index is 12.7. The number of hydrogen-bond donors (Lipinski definition) is 1. The number of anilines is 1. The Kier molecular flexibility index (Phi) is 5.93. The van der Waals surface area contributed by atoms with Crippen molar-refractivity contribution in [2.24, 2.45) is 0 Å². The summed E-state index contributed by atoms with van der Waals surface area (Å²) in [5.41, 5.74) is 3.35. The lowest BCUT2D eigenvalue weighted by molar-refractivity contribution is -0.121. The highest BCUT2D eigenvalue weighted by Crippen LogP contribution is 2.32. The number of ether oxygens (including phenoxy) is 1. The molecule has 0 aliphatic carbocycles. The van der Waals surface area contributed by atoms with Crippen molar-refractivity contribution in [2.75, 3.05) is 19.1 Å². The van der Waals surface area contributed by atoms with Crippen LogP contribution in [0.2, 0.25) is 0 Å². The van der Waals surface area contributed by atoms with E-state index in [4.69, 9.17) is 12.2 Å². The standard InChI is InChI=1S/C20H18N2O3S2/c1-13-5-3-4-6-16(13)21-12-22-18(23)17(27-20(22)26)11-14-7-9-15(10-8-14)19(24)25-2/h3-11,21H,12H2,1-2H3/b17-11-. The summed E-state index contributed by atoms with van der Waals surface area (Å²) in [5.74, 6) is -0.529. The van der Waals surface area contributed by atoms with Gasteiger partial charge in [0.15, 0.2) is 0 Å². The number of nitrogens with one attached hydrogen (secondary N) is 1. The molecule has 138 valence electrons.